The van der Waals surface area contributed by atoms with Gasteiger partial charge in [-0.2, -0.15) is 10.4 Å². The second-order valence-corrected chi connectivity index (χ2v) is 7.08. The van der Waals surface area contributed by atoms with Gasteiger partial charge in [0.2, 0.25) is 5.88 Å². The van der Waals surface area contributed by atoms with Gasteiger partial charge in [0.1, 0.15) is 23.8 Å². The van der Waals surface area contributed by atoms with Crippen molar-refractivity contribution in [2.75, 3.05) is 11.4 Å². The van der Waals surface area contributed by atoms with Crippen LogP contribution in [0, 0.1) is 17.1 Å². The number of nitriles is 1. The predicted molar refractivity (Wildman–Crippen MR) is 103 cm³/mol. The number of ether oxygens (including phenoxy) is 1. The van der Waals surface area contributed by atoms with E-state index in [1.807, 2.05) is 13.0 Å². The molecule has 9 heteroatoms. The molecule has 146 valence electrons. The number of rotatable bonds is 4. The van der Waals surface area contributed by atoms with Crippen LogP contribution in [0.2, 0.25) is 5.02 Å². The Bertz CT molecular complexity index is 1120. The maximum atomic E-state index is 13.8. The van der Waals surface area contributed by atoms with Gasteiger partial charge in [-0.15, -0.1) is 0 Å². The lowest BCUT2D eigenvalue weighted by atomic mass is 10.1. The Balaban J connectivity index is 1.58. The van der Waals surface area contributed by atoms with Gasteiger partial charge in [0.25, 0.3) is 5.91 Å². The van der Waals surface area contributed by atoms with Gasteiger partial charge in [-0.3, -0.25) is 9.48 Å². The van der Waals surface area contributed by atoms with E-state index in [-0.39, 0.29) is 24.1 Å². The molecule has 0 N–H and O–H groups in total. The van der Waals surface area contributed by atoms with Gasteiger partial charge in [0.05, 0.1) is 22.7 Å². The Kier molecular flexibility index (Phi) is 4.91. The highest BCUT2D eigenvalue weighted by molar-refractivity contribution is 6.30. The van der Waals surface area contributed by atoms with Crippen LogP contribution < -0.4 is 9.64 Å². The first-order valence-corrected chi connectivity index (χ1v) is 9.18. The van der Waals surface area contributed by atoms with Gasteiger partial charge in [-0.05, 0) is 37.3 Å². The van der Waals surface area contributed by atoms with Gasteiger partial charge in [-0.1, -0.05) is 11.6 Å². The van der Waals surface area contributed by atoms with E-state index in [1.54, 1.807) is 22.9 Å². The zero-order chi connectivity index (χ0) is 20.5. The highest BCUT2D eigenvalue weighted by atomic mass is 35.5. The summed E-state index contributed by atoms with van der Waals surface area (Å²) in [6, 6.07) is 10.6. The van der Waals surface area contributed by atoms with Crippen LogP contribution in [-0.4, -0.2) is 27.2 Å². The number of carbonyl (C=O) groups excluding carboxylic acids is 1. The van der Waals surface area contributed by atoms with Crippen LogP contribution in [-0.2, 0) is 6.61 Å². The number of anilines is 1. The number of pyridine rings is 1. The van der Waals surface area contributed by atoms with E-state index < -0.39 is 5.82 Å². The Hall–Kier alpha value is -3.44. The van der Waals surface area contributed by atoms with E-state index in [2.05, 4.69) is 10.1 Å². The summed E-state index contributed by atoms with van der Waals surface area (Å²) in [4.78, 5) is 18.5. The molecule has 3 aromatic rings. The Morgan fingerprint density at radius 3 is 2.90 bits per heavy atom. The third-order valence-electron chi connectivity index (χ3n) is 4.51. The summed E-state index contributed by atoms with van der Waals surface area (Å²) in [6.07, 6.45) is 1.48. The van der Waals surface area contributed by atoms with Crippen LogP contribution in [0.5, 0.6) is 5.88 Å². The van der Waals surface area contributed by atoms with Gasteiger partial charge >= 0.3 is 0 Å². The molecule has 0 saturated carbocycles. The van der Waals surface area contributed by atoms with E-state index in [9.17, 15) is 9.18 Å². The Labute approximate surface area is 170 Å². The molecule has 1 atom stereocenters. The first-order valence-electron chi connectivity index (χ1n) is 8.80. The number of amides is 1. The molecule has 0 bridgehead atoms. The van der Waals surface area contributed by atoms with Crippen molar-refractivity contribution < 1.29 is 13.9 Å². The lowest BCUT2D eigenvalue weighted by molar-refractivity contribution is 0.0953. The van der Waals surface area contributed by atoms with Crippen molar-refractivity contribution in [2.24, 2.45) is 0 Å². The van der Waals surface area contributed by atoms with E-state index in [1.165, 1.54) is 23.2 Å². The maximum absolute atomic E-state index is 13.8. The zero-order valence-electron chi connectivity index (χ0n) is 15.3. The van der Waals surface area contributed by atoms with Crippen LogP contribution in [0.4, 0.5) is 10.1 Å². The lowest BCUT2D eigenvalue weighted by Crippen LogP contribution is -2.42. The second kappa shape index (κ2) is 7.53. The van der Waals surface area contributed by atoms with E-state index in [4.69, 9.17) is 21.6 Å². The molecule has 1 aromatic carbocycles. The molecule has 0 spiro atoms. The molecule has 2 aromatic heterocycles. The number of nitrogens with zero attached hydrogens (tertiary/aromatic N) is 5. The number of benzene rings is 1. The molecule has 0 aliphatic carbocycles. The van der Waals surface area contributed by atoms with Crippen LogP contribution in [0.1, 0.15) is 34.7 Å². The monoisotopic (exact) mass is 411 g/mol. The van der Waals surface area contributed by atoms with Gasteiger partial charge < -0.3 is 9.64 Å². The minimum Gasteiger partial charge on any atom is -0.471 e. The second-order valence-electron chi connectivity index (χ2n) is 6.64. The van der Waals surface area contributed by atoms with E-state index in [0.29, 0.717) is 34.5 Å². The number of carbonyl (C=O) groups is 1. The first-order chi connectivity index (χ1) is 13.9. The molecule has 29 heavy (non-hydrogen) atoms. The molecule has 1 aliphatic rings. The standard InChI is InChI=1S/C20H15ClFN5O2/c1-12-10-26(17-5-13(8-23)4-15(22)6-17)20(28)18-7-16(25-27(12)18)11-29-19-3-2-14(21)9-24-19/h2-7,9,12H,10-11H2,1H3/t12-/m1/s1. The van der Waals surface area contributed by atoms with Crippen molar-refractivity contribution >= 4 is 23.2 Å². The quantitative estimate of drug-likeness (QED) is 0.653. The van der Waals surface area contributed by atoms with Crippen molar-refractivity contribution in [2.45, 2.75) is 19.6 Å². The molecular formula is C20H15ClFN5O2. The van der Waals surface area contributed by atoms with Gasteiger partial charge in [-0.25, -0.2) is 9.37 Å². The number of fused-ring (bicyclic) bond motifs is 1. The fraction of sp³-hybridized carbons (Fsp3) is 0.200. The molecule has 1 aliphatic heterocycles. The number of halogens is 2. The average Bonchev–Trinajstić information content (AvgIpc) is 3.15. The van der Waals surface area contributed by atoms with E-state index in [0.717, 1.165) is 6.07 Å². The number of hydrogen-bond donors (Lipinski definition) is 0. The smallest absolute Gasteiger partial charge is 0.276 e. The van der Waals surface area contributed by atoms with Crippen molar-refractivity contribution in [1.82, 2.24) is 14.8 Å². The number of aromatic nitrogens is 3. The van der Waals surface area contributed by atoms with Crippen LogP contribution >= 0.6 is 11.6 Å². The van der Waals surface area contributed by atoms with Crippen LogP contribution in [0.25, 0.3) is 0 Å². The average molecular weight is 412 g/mol. The summed E-state index contributed by atoms with van der Waals surface area (Å²) in [6.45, 7) is 2.35. The fourth-order valence-corrected chi connectivity index (χ4v) is 3.30. The summed E-state index contributed by atoms with van der Waals surface area (Å²) in [5, 5.41) is 14.0. The molecule has 0 fully saturated rings. The SMILES string of the molecule is C[C@@H]1CN(c2cc(F)cc(C#N)c2)C(=O)c2cc(COc3ccc(Cl)cn3)nn21. The molecule has 4 rings (SSSR count). The van der Waals surface area contributed by atoms with Gasteiger partial charge in [0.15, 0.2) is 0 Å². The van der Waals surface area contributed by atoms with Crippen molar-refractivity contribution in [3.8, 4) is 11.9 Å². The van der Waals surface area contributed by atoms with Crippen molar-refractivity contribution in [3.63, 3.8) is 0 Å². The molecule has 3 heterocycles. The lowest BCUT2D eigenvalue weighted by Gasteiger charge is -2.31. The molecule has 0 saturated heterocycles. The van der Waals surface area contributed by atoms with Gasteiger partial charge in [0, 0.05) is 24.5 Å². The number of hydrogen-bond acceptors (Lipinski definition) is 5. The Morgan fingerprint density at radius 2 is 2.17 bits per heavy atom. The van der Waals surface area contributed by atoms with Crippen molar-refractivity contribution in [3.05, 3.63) is 70.4 Å². The maximum Gasteiger partial charge on any atom is 0.276 e. The summed E-state index contributed by atoms with van der Waals surface area (Å²) in [5.74, 6) is -0.491. The third-order valence-corrected chi connectivity index (χ3v) is 4.73. The fourth-order valence-electron chi connectivity index (χ4n) is 3.19. The highest BCUT2D eigenvalue weighted by Crippen LogP contribution is 2.28. The largest absolute Gasteiger partial charge is 0.471 e. The Morgan fingerprint density at radius 1 is 1.34 bits per heavy atom. The van der Waals surface area contributed by atoms with Crippen LogP contribution in [0.3, 0.4) is 0 Å². The molecular weight excluding hydrogens is 397 g/mol. The summed E-state index contributed by atoms with van der Waals surface area (Å²) < 4.78 is 21.1. The molecule has 0 radical (unpaired) electrons. The van der Waals surface area contributed by atoms with Crippen LogP contribution in [0.15, 0.2) is 42.6 Å². The topological polar surface area (TPSA) is 84.0 Å². The predicted octanol–water partition coefficient (Wildman–Crippen LogP) is 3.74. The molecule has 7 nitrogen and oxygen atoms in total. The summed E-state index contributed by atoms with van der Waals surface area (Å²) >= 11 is 5.81. The molecule has 0 unspecified atom stereocenters. The summed E-state index contributed by atoms with van der Waals surface area (Å²) in [5.41, 5.74) is 1.43. The van der Waals surface area contributed by atoms with E-state index >= 15 is 0 Å². The highest BCUT2D eigenvalue weighted by Gasteiger charge is 2.32. The zero-order valence-corrected chi connectivity index (χ0v) is 16.1. The summed E-state index contributed by atoms with van der Waals surface area (Å²) in [7, 11) is 0. The molecule has 1 amide bonds. The minimum absolute atomic E-state index is 0.132. The first kappa shape index (κ1) is 18.9. The minimum atomic E-state index is -0.567. The third kappa shape index (κ3) is 3.77. The van der Waals surface area contributed by atoms with Crippen molar-refractivity contribution in [1.29, 1.82) is 5.26 Å². The normalized spacial score (nSPS) is 15.7.